The van der Waals surface area contributed by atoms with E-state index in [1.807, 2.05) is 24.3 Å². The molecule has 4 N–H and O–H groups in total. The summed E-state index contributed by atoms with van der Waals surface area (Å²) in [5.41, 5.74) is 7.63. The summed E-state index contributed by atoms with van der Waals surface area (Å²) in [5.74, 6) is 1.84. The number of carbonyl (C=O) groups is 1. The molecule has 0 aliphatic carbocycles. The summed E-state index contributed by atoms with van der Waals surface area (Å²) in [5, 5.41) is 9.88. The molecule has 1 aromatic carbocycles. The van der Waals surface area contributed by atoms with Gasteiger partial charge in [0.15, 0.2) is 0 Å². The second-order valence-electron chi connectivity index (χ2n) is 4.72. The van der Waals surface area contributed by atoms with Gasteiger partial charge in [0.2, 0.25) is 0 Å². The second-order valence-corrected chi connectivity index (χ2v) is 8.33. The van der Waals surface area contributed by atoms with Crippen molar-refractivity contribution < 1.29 is 4.79 Å². The molecule has 0 atom stereocenters. The lowest BCUT2D eigenvalue weighted by Gasteiger charge is -2.03. The molecule has 0 bridgehead atoms. The fourth-order valence-electron chi connectivity index (χ4n) is 1.80. The molecule has 1 aromatic heterocycles. The van der Waals surface area contributed by atoms with Crippen molar-refractivity contribution in [3.05, 3.63) is 40.5 Å². The standard InChI is InChI=1S/C15H19BrN4OS2/c16-12-4-2-11(3-5-12)13-10-14(20-19-13)15(21)18-7-1-8-22-23-9-6-17/h2-5,10H,1,6-9,17H2,(H,18,21)(H,19,20). The molecule has 0 aliphatic heterocycles. The van der Waals surface area contributed by atoms with Gasteiger partial charge in [-0.1, -0.05) is 49.7 Å². The minimum Gasteiger partial charge on any atom is -0.351 e. The van der Waals surface area contributed by atoms with Crippen molar-refractivity contribution >= 4 is 43.4 Å². The van der Waals surface area contributed by atoms with Gasteiger partial charge >= 0.3 is 0 Å². The minimum absolute atomic E-state index is 0.125. The number of nitrogens with one attached hydrogen (secondary N) is 2. The van der Waals surface area contributed by atoms with Crippen LogP contribution < -0.4 is 11.1 Å². The van der Waals surface area contributed by atoms with Crippen molar-refractivity contribution in [2.75, 3.05) is 24.6 Å². The number of nitrogens with two attached hydrogens (primary N) is 1. The molecular weight excluding hydrogens is 396 g/mol. The topological polar surface area (TPSA) is 83.8 Å². The first-order valence-corrected chi connectivity index (χ1v) is 10.5. The van der Waals surface area contributed by atoms with Crippen LogP contribution in [-0.2, 0) is 0 Å². The van der Waals surface area contributed by atoms with Crippen LogP contribution in [0, 0.1) is 0 Å². The summed E-state index contributed by atoms with van der Waals surface area (Å²) in [7, 11) is 3.56. The number of carbonyl (C=O) groups excluding carboxylic acids is 1. The maximum atomic E-state index is 12.1. The summed E-state index contributed by atoms with van der Waals surface area (Å²) in [4.78, 5) is 12.1. The van der Waals surface area contributed by atoms with Gasteiger partial charge in [-0.2, -0.15) is 5.10 Å². The van der Waals surface area contributed by atoms with Crippen LogP contribution in [0.15, 0.2) is 34.8 Å². The number of hydrogen-bond acceptors (Lipinski definition) is 5. The molecule has 5 nitrogen and oxygen atoms in total. The van der Waals surface area contributed by atoms with Crippen molar-refractivity contribution in [3.63, 3.8) is 0 Å². The summed E-state index contributed by atoms with van der Waals surface area (Å²) in [6.07, 6.45) is 0.932. The third kappa shape index (κ3) is 6.21. The molecule has 1 heterocycles. The molecule has 0 radical (unpaired) electrons. The van der Waals surface area contributed by atoms with E-state index >= 15 is 0 Å². The van der Waals surface area contributed by atoms with E-state index in [9.17, 15) is 4.79 Å². The largest absolute Gasteiger partial charge is 0.351 e. The van der Waals surface area contributed by atoms with Crippen molar-refractivity contribution in [1.82, 2.24) is 15.5 Å². The van der Waals surface area contributed by atoms with E-state index in [4.69, 9.17) is 5.73 Å². The summed E-state index contributed by atoms with van der Waals surface area (Å²) < 4.78 is 1.01. The summed E-state index contributed by atoms with van der Waals surface area (Å²) in [6, 6.07) is 9.58. The molecule has 2 rings (SSSR count). The van der Waals surface area contributed by atoms with Crippen molar-refractivity contribution in [2.45, 2.75) is 6.42 Å². The fourth-order valence-corrected chi connectivity index (χ4v) is 4.01. The number of benzene rings is 1. The Balaban J connectivity index is 1.76. The van der Waals surface area contributed by atoms with Crippen molar-refractivity contribution in [3.8, 4) is 11.3 Å². The first-order chi connectivity index (χ1) is 11.2. The van der Waals surface area contributed by atoms with E-state index in [-0.39, 0.29) is 5.91 Å². The number of hydrogen-bond donors (Lipinski definition) is 3. The minimum atomic E-state index is -0.125. The first-order valence-electron chi connectivity index (χ1n) is 7.24. The highest BCUT2D eigenvalue weighted by atomic mass is 79.9. The van der Waals surface area contributed by atoms with Crippen LogP contribution in [0.4, 0.5) is 0 Å². The zero-order chi connectivity index (χ0) is 16.5. The van der Waals surface area contributed by atoms with Gasteiger partial charge in [0.1, 0.15) is 5.69 Å². The normalized spacial score (nSPS) is 10.7. The molecular formula is C15H19BrN4OS2. The zero-order valence-electron chi connectivity index (χ0n) is 12.5. The average molecular weight is 415 g/mol. The highest BCUT2D eigenvalue weighted by Crippen LogP contribution is 2.21. The van der Waals surface area contributed by atoms with Crippen molar-refractivity contribution in [1.29, 1.82) is 0 Å². The second kappa shape index (κ2) is 10.0. The van der Waals surface area contributed by atoms with E-state index in [0.29, 0.717) is 18.8 Å². The van der Waals surface area contributed by atoms with E-state index in [0.717, 1.165) is 33.7 Å². The Kier molecular flexibility index (Phi) is 8.01. The Labute approximate surface area is 152 Å². The third-order valence-corrected chi connectivity index (χ3v) is 5.99. The molecule has 23 heavy (non-hydrogen) atoms. The number of H-pyrrole nitrogens is 1. The van der Waals surface area contributed by atoms with Gasteiger partial charge in [-0.3, -0.25) is 9.89 Å². The van der Waals surface area contributed by atoms with Gasteiger partial charge in [0.25, 0.3) is 5.91 Å². The van der Waals surface area contributed by atoms with Crippen LogP contribution in [-0.4, -0.2) is 40.7 Å². The molecule has 8 heteroatoms. The Morgan fingerprint density at radius 3 is 2.74 bits per heavy atom. The predicted molar refractivity (Wildman–Crippen MR) is 103 cm³/mol. The predicted octanol–water partition coefficient (Wildman–Crippen LogP) is 3.30. The van der Waals surface area contributed by atoms with Gasteiger partial charge in [-0.25, -0.2) is 0 Å². The molecule has 1 amide bonds. The van der Waals surface area contributed by atoms with E-state index in [2.05, 4.69) is 31.4 Å². The van der Waals surface area contributed by atoms with Crippen LogP contribution in [0.1, 0.15) is 16.9 Å². The molecule has 0 spiro atoms. The molecule has 0 saturated heterocycles. The van der Waals surface area contributed by atoms with Crippen LogP contribution in [0.25, 0.3) is 11.3 Å². The van der Waals surface area contributed by atoms with Gasteiger partial charge in [0, 0.05) is 34.6 Å². The number of amides is 1. The van der Waals surface area contributed by atoms with Gasteiger partial charge < -0.3 is 11.1 Å². The maximum absolute atomic E-state index is 12.1. The van der Waals surface area contributed by atoms with Gasteiger partial charge in [-0.05, 0) is 24.6 Å². The maximum Gasteiger partial charge on any atom is 0.269 e. The number of aromatic nitrogens is 2. The quantitative estimate of drug-likeness (QED) is 0.432. The zero-order valence-corrected chi connectivity index (χ0v) is 15.8. The van der Waals surface area contributed by atoms with E-state index in [1.165, 1.54) is 0 Å². The van der Waals surface area contributed by atoms with Crippen LogP contribution in [0.3, 0.4) is 0 Å². The molecule has 124 valence electrons. The SMILES string of the molecule is NCCSSCCCNC(=O)c1cc(-c2ccc(Br)cc2)n[nH]1. The van der Waals surface area contributed by atoms with E-state index in [1.54, 1.807) is 27.7 Å². The molecule has 0 saturated carbocycles. The Hall–Kier alpha value is -0.960. The monoisotopic (exact) mass is 414 g/mol. The number of halogens is 1. The van der Waals surface area contributed by atoms with Crippen molar-refractivity contribution in [2.24, 2.45) is 5.73 Å². The number of rotatable bonds is 9. The highest BCUT2D eigenvalue weighted by Gasteiger charge is 2.10. The smallest absolute Gasteiger partial charge is 0.269 e. The number of nitrogens with zero attached hydrogens (tertiary/aromatic N) is 1. The number of aromatic amines is 1. The van der Waals surface area contributed by atoms with Crippen LogP contribution in [0.2, 0.25) is 0 Å². The average Bonchev–Trinajstić information content (AvgIpc) is 3.04. The lowest BCUT2D eigenvalue weighted by atomic mass is 10.1. The summed E-state index contributed by atoms with van der Waals surface area (Å²) >= 11 is 3.40. The molecule has 2 aromatic rings. The Morgan fingerprint density at radius 1 is 1.26 bits per heavy atom. The molecule has 0 unspecified atom stereocenters. The molecule has 0 aliphatic rings. The Morgan fingerprint density at radius 2 is 2.00 bits per heavy atom. The van der Waals surface area contributed by atoms with Crippen LogP contribution in [0.5, 0.6) is 0 Å². The van der Waals surface area contributed by atoms with Crippen LogP contribution >= 0.6 is 37.5 Å². The van der Waals surface area contributed by atoms with Gasteiger partial charge in [-0.15, -0.1) is 0 Å². The van der Waals surface area contributed by atoms with E-state index < -0.39 is 0 Å². The lowest BCUT2D eigenvalue weighted by molar-refractivity contribution is 0.0949. The van der Waals surface area contributed by atoms with Gasteiger partial charge in [0.05, 0.1) is 5.69 Å². The first kappa shape index (κ1) is 18.4. The summed E-state index contributed by atoms with van der Waals surface area (Å²) in [6.45, 7) is 1.36. The Bertz CT molecular complexity index is 618. The molecule has 0 fully saturated rings. The third-order valence-electron chi connectivity index (χ3n) is 2.94. The highest BCUT2D eigenvalue weighted by molar-refractivity contribution is 9.10. The lowest BCUT2D eigenvalue weighted by Crippen LogP contribution is -2.25. The fraction of sp³-hybridized carbons (Fsp3) is 0.333.